The number of anilines is 1. The highest BCUT2D eigenvalue weighted by Crippen LogP contribution is 2.01. The molecule has 15 heavy (non-hydrogen) atoms. The van der Waals surface area contributed by atoms with E-state index >= 15 is 0 Å². The third-order valence-electron chi connectivity index (χ3n) is 1.76. The highest BCUT2D eigenvalue weighted by Gasteiger charge is 1.96. The van der Waals surface area contributed by atoms with Gasteiger partial charge < -0.3 is 15.5 Å². The maximum Gasteiger partial charge on any atom is 0.170 e. The average Bonchev–Trinajstić information content (AvgIpc) is 2.18. The Labute approximate surface area is 95.7 Å². The van der Waals surface area contributed by atoms with Gasteiger partial charge in [-0.05, 0) is 38.4 Å². The Hall–Kier alpha value is -1.20. The highest BCUT2D eigenvalue weighted by molar-refractivity contribution is 7.80. The van der Waals surface area contributed by atoms with Crippen molar-refractivity contribution in [3.8, 4) is 0 Å². The zero-order valence-electron chi connectivity index (χ0n) is 9.03. The molecule has 1 aromatic rings. The van der Waals surface area contributed by atoms with Gasteiger partial charge in [0.1, 0.15) is 0 Å². The molecule has 4 nitrogen and oxygen atoms in total. The van der Waals surface area contributed by atoms with E-state index in [9.17, 15) is 0 Å². The van der Waals surface area contributed by atoms with Gasteiger partial charge in [0, 0.05) is 19.3 Å². The van der Waals surface area contributed by atoms with E-state index in [-0.39, 0.29) is 0 Å². The summed E-state index contributed by atoms with van der Waals surface area (Å²) in [4.78, 5) is 6.09. The van der Waals surface area contributed by atoms with Crippen LogP contribution in [0.3, 0.4) is 0 Å². The number of pyridine rings is 1. The molecule has 0 atom stereocenters. The molecular weight excluding hydrogens is 208 g/mol. The standard InChI is InChI=1S/C10H16N4S/c1-14(2)7-6-12-10(15)13-9-4-3-5-11-8-9/h3-5,8H,6-7H2,1-2H3,(H2,12,13,15). The van der Waals surface area contributed by atoms with Gasteiger partial charge in [0.05, 0.1) is 11.9 Å². The van der Waals surface area contributed by atoms with Crippen LogP contribution in [0.4, 0.5) is 5.69 Å². The van der Waals surface area contributed by atoms with E-state index in [0.717, 1.165) is 18.8 Å². The molecule has 0 aliphatic heterocycles. The van der Waals surface area contributed by atoms with E-state index in [1.807, 2.05) is 26.2 Å². The maximum absolute atomic E-state index is 5.12. The van der Waals surface area contributed by atoms with Gasteiger partial charge in [-0.25, -0.2) is 0 Å². The normalized spacial score (nSPS) is 10.1. The third-order valence-corrected chi connectivity index (χ3v) is 2.01. The van der Waals surface area contributed by atoms with Crippen LogP contribution in [0.15, 0.2) is 24.5 Å². The molecule has 0 aliphatic carbocycles. The summed E-state index contributed by atoms with van der Waals surface area (Å²) in [6, 6.07) is 3.79. The minimum absolute atomic E-state index is 0.629. The minimum atomic E-state index is 0.629. The summed E-state index contributed by atoms with van der Waals surface area (Å²) in [6.07, 6.45) is 3.47. The van der Waals surface area contributed by atoms with Gasteiger partial charge in [-0.3, -0.25) is 4.98 Å². The number of hydrogen-bond acceptors (Lipinski definition) is 3. The molecule has 0 aromatic carbocycles. The van der Waals surface area contributed by atoms with Crippen LogP contribution < -0.4 is 10.6 Å². The fraction of sp³-hybridized carbons (Fsp3) is 0.400. The monoisotopic (exact) mass is 224 g/mol. The van der Waals surface area contributed by atoms with Crippen molar-refractivity contribution in [1.82, 2.24) is 15.2 Å². The van der Waals surface area contributed by atoms with Gasteiger partial charge in [-0.15, -0.1) is 0 Å². The summed E-state index contributed by atoms with van der Waals surface area (Å²) < 4.78 is 0. The SMILES string of the molecule is CN(C)CCNC(=S)Nc1cccnc1. The zero-order chi connectivity index (χ0) is 11.1. The Morgan fingerprint density at radius 2 is 2.33 bits per heavy atom. The Bertz CT molecular complexity index is 300. The van der Waals surface area contributed by atoms with Crippen molar-refractivity contribution in [1.29, 1.82) is 0 Å². The van der Waals surface area contributed by atoms with Crippen LogP contribution in [0.25, 0.3) is 0 Å². The van der Waals surface area contributed by atoms with E-state index in [1.165, 1.54) is 0 Å². The molecule has 0 saturated heterocycles. The molecule has 0 radical (unpaired) electrons. The highest BCUT2D eigenvalue weighted by atomic mass is 32.1. The smallest absolute Gasteiger partial charge is 0.170 e. The molecule has 0 fully saturated rings. The van der Waals surface area contributed by atoms with Crippen LogP contribution >= 0.6 is 12.2 Å². The first kappa shape index (κ1) is 11.9. The summed E-state index contributed by atoms with van der Waals surface area (Å²) in [6.45, 7) is 1.79. The Morgan fingerprint density at radius 3 is 2.93 bits per heavy atom. The van der Waals surface area contributed by atoms with E-state index in [1.54, 1.807) is 12.4 Å². The molecule has 0 bridgehead atoms. The van der Waals surface area contributed by atoms with Crippen molar-refractivity contribution in [3.63, 3.8) is 0 Å². The van der Waals surface area contributed by atoms with Crippen molar-refractivity contribution in [2.75, 3.05) is 32.5 Å². The zero-order valence-corrected chi connectivity index (χ0v) is 9.84. The number of aromatic nitrogens is 1. The lowest BCUT2D eigenvalue weighted by molar-refractivity contribution is 0.413. The molecule has 0 saturated carbocycles. The Kier molecular flexibility index (Phi) is 5.00. The summed E-state index contributed by atoms with van der Waals surface area (Å²) in [5.41, 5.74) is 0.903. The molecule has 0 amide bonds. The number of likely N-dealkylation sites (N-methyl/N-ethyl adjacent to an activating group) is 1. The van der Waals surface area contributed by atoms with Crippen LogP contribution in [-0.4, -0.2) is 42.2 Å². The van der Waals surface area contributed by atoms with Crippen LogP contribution in [-0.2, 0) is 0 Å². The number of hydrogen-bond donors (Lipinski definition) is 2. The van der Waals surface area contributed by atoms with Crippen molar-refractivity contribution in [2.24, 2.45) is 0 Å². The number of nitrogens with one attached hydrogen (secondary N) is 2. The van der Waals surface area contributed by atoms with E-state index in [0.29, 0.717) is 5.11 Å². The molecule has 1 heterocycles. The van der Waals surface area contributed by atoms with Crippen molar-refractivity contribution in [2.45, 2.75) is 0 Å². The first-order valence-corrected chi connectivity index (χ1v) is 5.19. The summed E-state index contributed by atoms with van der Waals surface area (Å²) in [7, 11) is 4.05. The fourth-order valence-electron chi connectivity index (χ4n) is 1.01. The summed E-state index contributed by atoms with van der Waals surface area (Å²) in [5, 5.41) is 6.80. The second-order valence-electron chi connectivity index (χ2n) is 3.43. The number of rotatable bonds is 4. The van der Waals surface area contributed by atoms with E-state index < -0.39 is 0 Å². The van der Waals surface area contributed by atoms with Crippen molar-refractivity contribution in [3.05, 3.63) is 24.5 Å². The minimum Gasteiger partial charge on any atom is -0.361 e. The lowest BCUT2D eigenvalue weighted by atomic mass is 10.4. The molecule has 0 aliphatic rings. The van der Waals surface area contributed by atoms with Crippen molar-refractivity contribution >= 4 is 23.0 Å². The lowest BCUT2D eigenvalue weighted by Crippen LogP contribution is -2.34. The van der Waals surface area contributed by atoms with Gasteiger partial charge in [-0.2, -0.15) is 0 Å². The molecule has 2 N–H and O–H groups in total. The molecule has 5 heteroatoms. The van der Waals surface area contributed by atoms with Gasteiger partial charge in [-0.1, -0.05) is 0 Å². The predicted molar refractivity (Wildman–Crippen MR) is 67.0 cm³/mol. The van der Waals surface area contributed by atoms with Crippen LogP contribution in [0.2, 0.25) is 0 Å². The topological polar surface area (TPSA) is 40.2 Å². The lowest BCUT2D eigenvalue weighted by Gasteiger charge is -2.12. The fourth-order valence-corrected chi connectivity index (χ4v) is 1.22. The molecule has 0 spiro atoms. The van der Waals surface area contributed by atoms with E-state index in [4.69, 9.17) is 12.2 Å². The quantitative estimate of drug-likeness (QED) is 0.745. The van der Waals surface area contributed by atoms with Crippen molar-refractivity contribution < 1.29 is 0 Å². The number of thiocarbonyl (C=S) groups is 1. The second kappa shape index (κ2) is 6.31. The van der Waals surface area contributed by atoms with Gasteiger partial charge in [0.15, 0.2) is 5.11 Å². The summed E-state index contributed by atoms with van der Waals surface area (Å²) in [5.74, 6) is 0. The van der Waals surface area contributed by atoms with Gasteiger partial charge in [0.2, 0.25) is 0 Å². The van der Waals surface area contributed by atoms with Gasteiger partial charge >= 0.3 is 0 Å². The molecular formula is C10H16N4S. The van der Waals surface area contributed by atoms with E-state index in [2.05, 4.69) is 20.5 Å². The third kappa shape index (κ3) is 5.29. The average molecular weight is 224 g/mol. The van der Waals surface area contributed by atoms with Crippen LogP contribution in [0.1, 0.15) is 0 Å². The van der Waals surface area contributed by atoms with Crippen LogP contribution in [0, 0.1) is 0 Å². The Morgan fingerprint density at radius 1 is 1.53 bits per heavy atom. The largest absolute Gasteiger partial charge is 0.361 e. The predicted octanol–water partition coefficient (Wildman–Crippen LogP) is 0.930. The molecule has 1 aromatic heterocycles. The van der Waals surface area contributed by atoms with Gasteiger partial charge in [0.25, 0.3) is 0 Å². The molecule has 82 valence electrons. The Balaban J connectivity index is 2.25. The first-order chi connectivity index (χ1) is 7.18. The number of nitrogens with zero attached hydrogens (tertiary/aromatic N) is 2. The maximum atomic E-state index is 5.12. The second-order valence-corrected chi connectivity index (χ2v) is 3.83. The molecule has 1 rings (SSSR count). The van der Waals surface area contributed by atoms with Crippen LogP contribution in [0.5, 0.6) is 0 Å². The summed E-state index contributed by atoms with van der Waals surface area (Å²) >= 11 is 5.12. The molecule has 0 unspecified atom stereocenters. The first-order valence-electron chi connectivity index (χ1n) is 4.78.